The molecule has 124 valence electrons. The van der Waals surface area contributed by atoms with Crippen molar-refractivity contribution in [2.24, 2.45) is 15.7 Å². The van der Waals surface area contributed by atoms with E-state index in [0.29, 0.717) is 11.5 Å². The highest BCUT2D eigenvalue weighted by molar-refractivity contribution is 6.34. The Balaban J connectivity index is 2.42. The van der Waals surface area contributed by atoms with Gasteiger partial charge >= 0.3 is 0 Å². The van der Waals surface area contributed by atoms with E-state index in [-0.39, 0.29) is 5.71 Å². The van der Waals surface area contributed by atoms with Crippen LogP contribution in [0.15, 0.2) is 40.6 Å². The predicted octanol–water partition coefficient (Wildman–Crippen LogP) is 2.03. The number of rotatable bonds is 4. The SMILES string of the molecule is C/C(=N/Oc1ccccc1)C1(NO)C(=O)N(C)N=C1C(C)(C)C. The largest absolute Gasteiger partial charge is 0.357 e. The van der Waals surface area contributed by atoms with E-state index in [4.69, 9.17) is 4.84 Å². The predicted molar refractivity (Wildman–Crippen MR) is 87.5 cm³/mol. The van der Waals surface area contributed by atoms with Crippen molar-refractivity contribution >= 4 is 17.3 Å². The van der Waals surface area contributed by atoms with Gasteiger partial charge in [0.05, 0.1) is 11.4 Å². The Bertz CT molecular complexity index is 649. The highest BCUT2D eigenvalue weighted by Gasteiger charge is 2.56. The maximum absolute atomic E-state index is 12.6. The Labute approximate surface area is 135 Å². The van der Waals surface area contributed by atoms with E-state index in [2.05, 4.69) is 15.7 Å². The number of nitrogens with zero attached hydrogens (tertiary/aromatic N) is 3. The minimum Gasteiger partial charge on any atom is -0.357 e. The number of benzene rings is 1. The molecule has 1 aromatic carbocycles. The molecule has 0 radical (unpaired) electrons. The topological polar surface area (TPSA) is 86.5 Å². The van der Waals surface area contributed by atoms with Crippen molar-refractivity contribution in [3.63, 3.8) is 0 Å². The molecule has 0 bridgehead atoms. The lowest BCUT2D eigenvalue weighted by molar-refractivity contribution is -0.133. The number of hydrogen-bond acceptors (Lipinski definition) is 6. The van der Waals surface area contributed by atoms with E-state index in [1.54, 1.807) is 26.1 Å². The molecule has 0 aromatic heterocycles. The fraction of sp³-hybridized carbons (Fsp3) is 0.438. The van der Waals surface area contributed by atoms with Crippen molar-refractivity contribution in [3.8, 4) is 5.75 Å². The molecule has 0 saturated carbocycles. The Morgan fingerprint density at radius 2 is 1.96 bits per heavy atom. The molecular formula is C16H22N4O3. The van der Waals surface area contributed by atoms with Gasteiger partial charge in [0, 0.05) is 12.5 Å². The Kier molecular flexibility index (Phi) is 4.53. The minimum absolute atomic E-state index is 0.270. The van der Waals surface area contributed by atoms with Gasteiger partial charge in [-0.05, 0) is 19.1 Å². The van der Waals surface area contributed by atoms with Crippen molar-refractivity contribution in [2.75, 3.05) is 7.05 Å². The molecule has 1 aromatic rings. The van der Waals surface area contributed by atoms with E-state index in [0.717, 1.165) is 0 Å². The number of carbonyl (C=O) groups is 1. The Morgan fingerprint density at radius 1 is 1.35 bits per heavy atom. The number of oxime groups is 1. The second-order valence-electron chi connectivity index (χ2n) is 6.47. The van der Waals surface area contributed by atoms with Gasteiger partial charge in [-0.3, -0.25) is 4.79 Å². The molecule has 2 rings (SSSR count). The molecular weight excluding hydrogens is 296 g/mol. The number of para-hydroxylation sites is 1. The summed E-state index contributed by atoms with van der Waals surface area (Å²) < 4.78 is 0. The average Bonchev–Trinajstić information content (AvgIpc) is 2.79. The lowest BCUT2D eigenvalue weighted by Gasteiger charge is -2.32. The summed E-state index contributed by atoms with van der Waals surface area (Å²) >= 11 is 0. The van der Waals surface area contributed by atoms with E-state index in [1.165, 1.54) is 5.01 Å². The first-order chi connectivity index (χ1) is 10.7. The van der Waals surface area contributed by atoms with Crippen molar-refractivity contribution in [1.82, 2.24) is 10.5 Å². The molecule has 7 nitrogen and oxygen atoms in total. The first-order valence-electron chi connectivity index (χ1n) is 7.29. The van der Waals surface area contributed by atoms with E-state index >= 15 is 0 Å². The number of hydrazone groups is 1. The molecule has 1 aliphatic rings. The summed E-state index contributed by atoms with van der Waals surface area (Å²) in [5.74, 6) is 0.121. The van der Waals surface area contributed by atoms with Crippen LogP contribution in [0.1, 0.15) is 27.7 Å². The van der Waals surface area contributed by atoms with E-state index < -0.39 is 16.9 Å². The molecule has 23 heavy (non-hydrogen) atoms. The molecule has 1 aliphatic heterocycles. The molecule has 0 fully saturated rings. The summed E-state index contributed by atoms with van der Waals surface area (Å²) in [6, 6.07) is 8.99. The molecule has 0 spiro atoms. The summed E-state index contributed by atoms with van der Waals surface area (Å²) in [7, 11) is 1.54. The smallest absolute Gasteiger partial charge is 0.276 e. The number of hydrogen-bond donors (Lipinski definition) is 2. The Hall–Kier alpha value is -2.25. The zero-order valence-corrected chi connectivity index (χ0v) is 14.0. The molecule has 1 atom stereocenters. The third-order valence-corrected chi connectivity index (χ3v) is 3.67. The Morgan fingerprint density at radius 3 is 2.48 bits per heavy atom. The molecule has 1 amide bonds. The number of likely N-dealkylation sites (N-methyl/N-ethyl adjacent to an activating group) is 1. The van der Waals surface area contributed by atoms with Crippen LogP contribution in [0, 0.1) is 5.41 Å². The van der Waals surface area contributed by atoms with Crippen LogP contribution < -0.4 is 10.3 Å². The lowest BCUT2D eigenvalue weighted by Crippen LogP contribution is -2.63. The average molecular weight is 318 g/mol. The molecule has 0 saturated heterocycles. The van der Waals surface area contributed by atoms with Gasteiger partial charge in [0.15, 0.2) is 5.75 Å². The van der Waals surface area contributed by atoms with Gasteiger partial charge in [-0.1, -0.05) is 44.1 Å². The monoisotopic (exact) mass is 318 g/mol. The molecule has 0 aliphatic carbocycles. The number of hydroxylamine groups is 1. The maximum atomic E-state index is 12.6. The van der Waals surface area contributed by atoms with Gasteiger partial charge in [0.2, 0.25) is 5.54 Å². The normalized spacial score (nSPS) is 22.3. The minimum atomic E-state index is -1.53. The summed E-state index contributed by atoms with van der Waals surface area (Å²) in [5.41, 5.74) is 0.873. The van der Waals surface area contributed by atoms with Crippen molar-refractivity contribution in [3.05, 3.63) is 30.3 Å². The van der Waals surface area contributed by atoms with Gasteiger partial charge in [0.1, 0.15) is 0 Å². The molecule has 1 unspecified atom stereocenters. The zero-order valence-electron chi connectivity index (χ0n) is 14.0. The van der Waals surface area contributed by atoms with Crippen molar-refractivity contribution < 1.29 is 14.8 Å². The second-order valence-corrected chi connectivity index (χ2v) is 6.47. The summed E-state index contributed by atoms with van der Waals surface area (Å²) in [6.45, 7) is 7.35. The van der Waals surface area contributed by atoms with Crippen LogP contribution >= 0.6 is 0 Å². The first kappa shape index (κ1) is 17.1. The van der Waals surface area contributed by atoms with Crippen LogP contribution in [-0.2, 0) is 4.79 Å². The number of amides is 1. The van der Waals surface area contributed by atoms with Crippen LogP contribution in [-0.4, -0.2) is 40.1 Å². The van der Waals surface area contributed by atoms with Crippen LogP contribution in [0.5, 0.6) is 5.75 Å². The van der Waals surface area contributed by atoms with E-state index in [1.807, 2.05) is 39.0 Å². The second kappa shape index (κ2) is 6.10. The third kappa shape index (κ3) is 2.97. The first-order valence-corrected chi connectivity index (χ1v) is 7.29. The molecule has 1 heterocycles. The summed E-state index contributed by atoms with van der Waals surface area (Å²) in [5, 5.41) is 19.3. The van der Waals surface area contributed by atoms with Crippen LogP contribution in [0.3, 0.4) is 0 Å². The lowest BCUT2D eigenvalue weighted by atomic mass is 9.75. The quantitative estimate of drug-likeness (QED) is 0.657. The zero-order chi connectivity index (χ0) is 17.3. The van der Waals surface area contributed by atoms with Crippen LogP contribution in [0.4, 0.5) is 0 Å². The van der Waals surface area contributed by atoms with Gasteiger partial charge in [-0.15, -0.1) is 0 Å². The van der Waals surface area contributed by atoms with Gasteiger partial charge in [0.25, 0.3) is 5.91 Å². The van der Waals surface area contributed by atoms with Crippen LogP contribution in [0.2, 0.25) is 0 Å². The number of nitrogens with one attached hydrogen (secondary N) is 1. The van der Waals surface area contributed by atoms with E-state index in [9.17, 15) is 10.0 Å². The fourth-order valence-corrected chi connectivity index (χ4v) is 2.51. The number of carbonyl (C=O) groups excluding carboxylic acids is 1. The van der Waals surface area contributed by atoms with Gasteiger partial charge in [-0.25, -0.2) is 5.01 Å². The standard InChI is InChI=1S/C16H22N4O3/c1-11(18-23-12-9-7-6-8-10-12)16(19-22)13(15(2,3)4)17-20(5)14(16)21/h6-10,19,22H,1-5H3/b18-11-. The molecule has 7 heteroatoms. The van der Waals surface area contributed by atoms with Gasteiger partial charge in [-0.2, -0.15) is 10.6 Å². The summed E-state index contributed by atoms with van der Waals surface area (Å²) in [6.07, 6.45) is 0. The van der Waals surface area contributed by atoms with Crippen molar-refractivity contribution in [1.29, 1.82) is 0 Å². The highest BCUT2D eigenvalue weighted by atomic mass is 16.6. The van der Waals surface area contributed by atoms with Gasteiger partial charge < -0.3 is 10.0 Å². The van der Waals surface area contributed by atoms with Crippen LogP contribution in [0.25, 0.3) is 0 Å². The maximum Gasteiger partial charge on any atom is 0.276 e. The molecule has 2 N–H and O–H groups in total. The summed E-state index contributed by atoms with van der Waals surface area (Å²) in [4.78, 5) is 18.0. The fourth-order valence-electron chi connectivity index (χ4n) is 2.51. The third-order valence-electron chi connectivity index (χ3n) is 3.67. The van der Waals surface area contributed by atoms with Crippen molar-refractivity contribution in [2.45, 2.75) is 33.2 Å². The highest BCUT2D eigenvalue weighted by Crippen LogP contribution is 2.32.